The van der Waals surface area contributed by atoms with Crippen molar-refractivity contribution in [1.82, 2.24) is 19.5 Å². The van der Waals surface area contributed by atoms with Crippen LogP contribution in [0.15, 0.2) is 164 Å². The monoisotopic (exact) mass is 676 g/mol. The normalized spacial score (nSPS) is 11.4. The highest BCUT2D eigenvalue weighted by atomic mass is 19.1. The van der Waals surface area contributed by atoms with Crippen LogP contribution in [0.5, 0.6) is 0 Å². The van der Waals surface area contributed by atoms with Gasteiger partial charge in [0.1, 0.15) is 11.6 Å². The highest BCUT2D eigenvalue weighted by Gasteiger charge is 2.21. The summed E-state index contributed by atoms with van der Waals surface area (Å²) in [6.45, 7) is 2.09. The van der Waals surface area contributed by atoms with Crippen molar-refractivity contribution >= 4 is 21.8 Å². The van der Waals surface area contributed by atoms with Gasteiger partial charge in [-0.2, -0.15) is 0 Å². The number of hydrogen-bond acceptors (Lipinski definition) is 3. The fourth-order valence-corrected chi connectivity index (χ4v) is 6.89. The average Bonchev–Trinajstić information content (AvgIpc) is 3.51. The van der Waals surface area contributed by atoms with Gasteiger partial charge in [-0.1, -0.05) is 127 Å². The molecule has 4 nitrogen and oxygen atoms in total. The summed E-state index contributed by atoms with van der Waals surface area (Å²) in [6, 6.07) is 52.4. The van der Waals surface area contributed by atoms with Gasteiger partial charge in [0.25, 0.3) is 0 Å². The fraction of sp³-hybridized carbons (Fsp3) is 0.0217. The molecule has 0 atom stereocenters. The number of benzene rings is 7. The Labute approximate surface area is 299 Å². The van der Waals surface area contributed by atoms with E-state index < -0.39 is 11.6 Å². The van der Waals surface area contributed by atoms with Gasteiger partial charge in [0.05, 0.1) is 16.7 Å². The quantitative estimate of drug-likeness (QED) is 0.176. The first-order valence-corrected chi connectivity index (χ1v) is 17.1. The van der Waals surface area contributed by atoms with E-state index in [2.05, 4.69) is 66.1 Å². The summed E-state index contributed by atoms with van der Waals surface area (Å²) >= 11 is 0. The van der Waals surface area contributed by atoms with Crippen LogP contribution in [0, 0.1) is 18.6 Å². The zero-order chi connectivity index (χ0) is 35.2. The first kappa shape index (κ1) is 31.2. The van der Waals surface area contributed by atoms with Gasteiger partial charge < -0.3 is 4.57 Å². The third-order valence-electron chi connectivity index (χ3n) is 9.43. The second-order valence-corrected chi connectivity index (χ2v) is 12.9. The summed E-state index contributed by atoms with van der Waals surface area (Å²) in [5, 5.41) is 2.19. The molecule has 0 aliphatic carbocycles. The molecular formula is C46H30F2N4. The number of fused-ring (bicyclic) bond motifs is 3. The van der Waals surface area contributed by atoms with E-state index in [-0.39, 0.29) is 0 Å². The molecule has 248 valence electrons. The highest BCUT2D eigenvalue weighted by molar-refractivity contribution is 6.10. The van der Waals surface area contributed by atoms with Crippen molar-refractivity contribution in [2.45, 2.75) is 6.92 Å². The Hall–Kier alpha value is -6.79. The van der Waals surface area contributed by atoms with Crippen LogP contribution in [0.3, 0.4) is 0 Å². The molecule has 2 heterocycles. The van der Waals surface area contributed by atoms with Gasteiger partial charge in [-0.05, 0) is 65.6 Å². The number of halogens is 2. The lowest BCUT2D eigenvalue weighted by Gasteiger charge is -2.17. The maximum atomic E-state index is 14.6. The Bertz CT molecular complexity index is 2680. The van der Waals surface area contributed by atoms with Crippen LogP contribution in [0.1, 0.15) is 5.56 Å². The molecule has 0 bridgehead atoms. The molecule has 9 aromatic rings. The smallest absolute Gasteiger partial charge is 0.166 e. The molecule has 0 saturated carbocycles. The van der Waals surface area contributed by atoms with E-state index >= 15 is 0 Å². The van der Waals surface area contributed by atoms with Gasteiger partial charge in [0, 0.05) is 33.5 Å². The fourth-order valence-electron chi connectivity index (χ4n) is 6.89. The van der Waals surface area contributed by atoms with E-state index in [9.17, 15) is 8.78 Å². The van der Waals surface area contributed by atoms with Crippen LogP contribution in [-0.4, -0.2) is 19.5 Å². The van der Waals surface area contributed by atoms with Crippen LogP contribution in [0.4, 0.5) is 8.78 Å². The van der Waals surface area contributed by atoms with Crippen molar-refractivity contribution in [3.05, 3.63) is 181 Å². The Morgan fingerprint density at radius 1 is 0.404 bits per heavy atom. The summed E-state index contributed by atoms with van der Waals surface area (Å²) in [7, 11) is 0. The van der Waals surface area contributed by atoms with Crippen molar-refractivity contribution in [1.29, 1.82) is 0 Å². The van der Waals surface area contributed by atoms with Gasteiger partial charge >= 0.3 is 0 Å². The third-order valence-corrected chi connectivity index (χ3v) is 9.43. The summed E-state index contributed by atoms with van der Waals surface area (Å²) in [5.41, 5.74) is 9.63. The molecule has 6 heteroatoms. The summed E-state index contributed by atoms with van der Waals surface area (Å²) in [5.74, 6) is 0.166. The lowest BCUT2D eigenvalue weighted by atomic mass is 10.00. The summed E-state index contributed by atoms with van der Waals surface area (Å²) in [4.78, 5) is 15.1. The molecule has 0 aliphatic rings. The summed E-state index contributed by atoms with van der Waals surface area (Å²) < 4.78 is 31.4. The molecule has 0 spiro atoms. The number of rotatable bonds is 6. The largest absolute Gasteiger partial charge is 0.308 e. The van der Waals surface area contributed by atoms with Crippen LogP contribution < -0.4 is 0 Å². The number of hydrogen-bond donors (Lipinski definition) is 0. The zero-order valence-corrected chi connectivity index (χ0v) is 28.1. The van der Waals surface area contributed by atoms with Crippen molar-refractivity contribution < 1.29 is 8.78 Å². The molecule has 0 fully saturated rings. The van der Waals surface area contributed by atoms with Gasteiger partial charge in [-0.3, -0.25) is 0 Å². The molecule has 0 N–H and O–H groups in total. The Kier molecular flexibility index (Phi) is 7.70. The zero-order valence-electron chi connectivity index (χ0n) is 28.1. The van der Waals surface area contributed by atoms with Crippen LogP contribution in [-0.2, 0) is 0 Å². The van der Waals surface area contributed by atoms with Crippen LogP contribution >= 0.6 is 0 Å². The van der Waals surface area contributed by atoms with Crippen LogP contribution in [0.25, 0.3) is 83.9 Å². The predicted molar refractivity (Wildman–Crippen MR) is 206 cm³/mol. The molecule has 9 rings (SSSR count). The van der Waals surface area contributed by atoms with E-state index in [0.29, 0.717) is 34.2 Å². The minimum absolute atomic E-state index is 0.412. The number of aryl methyl sites for hydroxylation is 1. The molecule has 2 aromatic heterocycles. The molecule has 0 saturated heterocycles. The predicted octanol–water partition coefficient (Wildman–Crippen LogP) is 11.9. The molecular weight excluding hydrogens is 647 g/mol. The minimum Gasteiger partial charge on any atom is -0.308 e. The maximum absolute atomic E-state index is 14.6. The van der Waals surface area contributed by atoms with Crippen molar-refractivity contribution in [2.75, 3.05) is 0 Å². The maximum Gasteiger partial charge on any atom is 0.166 e. The number of para-hydroxylation sites is 1. The van der Waals surface area contributed by atoms with E-state index in [1.165, 1.54) is 17.7 Å². The van der Waals surface area contributed by atoms with Crippen LogP contribution in [0.2, 0.25) is 0 Å². The number of aromatic nitrogens is 4. The van der Waals surface area contributed by atoms with Gasteiger partial charge in [-0.25, -0.2) is 23.7 Å². The molecule has 52 heavy (non-hydrogen) atoms. The summed E-state index contributed by atoms with van der Waals surface area (Å²) in [6.07, 6.45) is 0. The van der Waals surface area contributed by atoms with Crippen molar-refractivity contribution in [3.63, 3.8) is 0 Å². The van der Waals surface area contributed by atoms with Crippen molar-refractivity contribution in [3.8, 4) is 62.1 Å². The molecule has 0 amide bonds. The lowest BCUT2D eigenvalue weighted by molar-refractivity contribution is 0.584. The second kappa shape index (κ2) is 12.8. The SMILES string of the molecule is Cc1ccc(-c2ccc3c4ccccc4n(-c4ccc(-c5cc(F)cc(F)c5)cc4-c4nc(-c5ccccc5)nc(-c5ccccc5)n4)c3c2)cc1. The van der Waals surface area contributed by atoms with E-state index in [4.69, 9.17) is 15.0 Å². The van der Waals surface area contributed by atoms with E-state index in [1.54, 1.807) is 0 Å². The highest BCUT2D eigenvalue weighted by Crippen LogP contribution is 2.39. The van der Waals surface area contributed by atoms with E-state index in [0.717, 1.165) is 55.8 Å². The third kappa shape index (κ3) is 5.70. The van der Waals surface area contributed by atoms with Crippen molar-refractivity contribution in [2.24, 2.45) is 0 Å². The Balaban J connectivity index is 1.36. The Morgan fingerprint density at radius 3 is 1.62 bits per heavy atom. The molecule has 0 unspecified atom stereocenters. The lowest BCUT2D eigenvalue weighted by Crippen LogP contribution is -2.04. The van der Waals surface area contributed by atoms with Gasteiger partial charge in [0.15, 0.2) is 17.5 Å². The first-order chi connectivity index (χ1) is 25.5. The Morgan fingerprint density at radius 2 is 0.942 bits per heavy atom. The molecule has 7 aromatic carbocycles. The number of nitrogens with zero attached hydrogens (tertiary/aromatic N) is 4. The van der Waals surface area contributed by atoms with Gasteiger partial charge in [0.2, 0.25) is 0 Å². The second-order valence-electron chi connectivity index (χ2n) is 12.9. The molecule has 0 aliphatic heterocycles. The minimum atomic E-state index is -0.649. The standard InChI is InChI=1S/C46H30F2N4/c1-29-16-18-30(19-17-29)34-20-22-39-38-14-8-9-15-41(38)52(43(39)27-34)42-23-21-33(35-24-36(47)28-37(48)25-35)26-40(42)46-50-44(31-10-4-2-5-11-31)49-45(51-46)32-12-6-3-7-13-32/h2-28H,1H3. The average molecular weight is 677 g/mol. The molecule has 0 radical (unpaired) electrons. The first-order valence-electron chi connectivity index (χ1n) is 17.1. The van der Waals surface area contributed by atoms with Gasteiger partial charge in [-0.15, -0.1) is 0 Å². The van der Waals surface area contributed by atoms with E-state index in [1.807, 2.05) is 91.0 Å². The topological polar surface area (TPSA) is 43.6 Å².